The summed E-state index contributed by atoms with van der Waals surface area (Å²) >= 11 is 0. The van der Waals surface area contributed by atoms with Crippen LogP contribution in [-0.4, -0.2) is 22.9 Å². The molecule has 0 unspecified atom stereocenters. The van der Waals surface area contributed by atoms with Crippen molar-refractivity contribution in [3.8, 4) is 0 Å². The molecule has 0 spiro atoms. The molecule has 1 heterocycles. The molecule has 0 radical (unpaired) electrons. The van der Waals surface area contributed by atoms with Gasteiger partial charge in [0.05, 0.1) is 17.5 Å². The van der Waals surface area contributed by atoms with Crippen LogP contribution in [0, 0.1) is 23.7 Å². The zero-order valence-electron chi connectivity index (χ0n) is 12.3. The van der Waals surface area contributed by atoms with Crippen LogP contribution >= 0.6 is 0 Å². The zero-order valence-corrected chi connectivity index (χ0v) is 12.3. The van der Waals surface area contributed by atoms with Gasteiger partial charge in [0.1, 0.15) is 0 Å². The van der Waals surface area contributed by atoms with Gasteiger partial charge in [-0.25, -0.2) is 9.69 Å². The summed E-state index contributed by atoms with van der Waals surface area (Å²) in [5.74, 6) is -1.39. The van der Waals surface area contributed by atoms with E-state index in [9.17, 15) is 14.4 Å². The van der Waals surface area contributed by atoms with Gasteiger partial charge in [0.15, 0.2) is 0 Å². The molecule has 1 aliphatic heterocycles. The molecule has 4 rings (SSSR count). The molecule has 2 fully saturated rings. The van der Waals surface area contributed by atoms with Crippen molar-refractivity contribution < 1.29 is 19.5 Å². The number of imide groups is 1. The molecule has 4 atom stereocenters. The molecular weight excluding hydrogens is 294 g/mol. The number of amides is 2. The van der Waals surface area contributed by atoms with Gasteiger partial charge >= 0.3 is 5.97 Å². The number of allylic oxidation sites excluding steroid dienone is 2. The van der Waals surface area contributed by atoms with Crippen LogP contribution in [0.3, 0.4) is 0 Å². The molecule has 23 heavy (non-hydrogen) atoms. The molecule has 2 aliphatic carbocycles. The number of hydrogen-bond donors (Lipinski definition) is 1. The van der Waals surface area contributed by atoms with E-state index in [0.717, 1.165) is 12.5 Å². The van der Waals surface area contributed by atoms with Crippen molar-refractivity contribution in [3.63, 3.8) is 0 Å². The number of carboxylic acid groups (broad SMARTS) is 1. The van der Waals surface area contributed by atoms with Crippen LogP contribution in [0.1, 0.15) is 12.0 Å². The maximum absolute atomic E-state index is 12.7. The Balaban J connectivity index is 1.67. The fraction of sp³-hybridized carbons (Fsp3) is 0.278. The summed E-state index contributed by atoms with van der Waals surface area (Å²) in [5, 5.41) is 8.70. The lowest BCUT2D eigenvalue weighted by molar-refractivity contribution is -0.131. The minimum atomic E-state index is -1.04. The summed E-state index contributed by atoms with van der Waals surface area (Å²) in [5.41, 5.74) is 1.16. The van der Waals surface area contributed by atoms with Gasteiger partial charge < -0.3 is 5.11 Å². The van der Waals surface area contributed by atoms with E-state index >= 15 is 0 Å². The van der Waals surface area contributed by atoms with Crippen molar-refractivity contribution in [1.82, 2.24) is 0 Å². The molecule has 1 aromatic rings. The highest BCUT2D eigenvalue weighted by atomic mass is 16.4. The number of carbonyl (C=O) groups excluding carboxylic acids is 2. The van der Waals surface area contributed by atoms with Crippen LogP contribution in [0.4, 0.5) is 5.69 Å². The van der Waals surface area contributed by atoms with E-state index in [4.69, 9.17) is 5.11 Å². The lowest BCUT2D eigenvalue weighted by atomic mass is 9.85. The average molecular weight is 309 g/mol. The second-order valence-corrected chi connectivity index (χ2v) is 6.28. The Labute approximate surface area is 132 Å². The molecule has 3 aliphatic rings. The number of carbonyl (C=O) groups is 3. The number of aliphatic carboxylic acids is 1. The van der Waals surface area contributed by atoms with Gasteiger partial charge in [0.2, 0.25) is 11.8 Å². The minimum Gasteiger partial charge on any atom is -0.478 e. The van der Waals surface area contributed by atoms with Gasteiger partial charge in [-0.05, 0) is 42.0 Å². The zero-order chi connectivity index (χ0) is 16.1. The molecule has 1 N–H and O–H groups in total. The Kier molecular flexibility index (Phi) is 2.98. The summed E-state index contributed by atoms with van der Waals surface area (Å²) in [6, 6.07) is 6.84. The maximum Gasteiger partial charge on any atom is 0.328 e. The second kappa shape index (κ2) is 4.91. The van der Waals surface area contributed by atoms with Gasteiger partial charge in [-0.2, -0.15) is 0 Å². The maximum atomic E-state index is 12.7. The Morgan fingerprint density at radius 1 is 1.13 bits per heavy atom. The molecule has 1 saturated carbocycles. The fourth-order valence-corrected chi connectivity index (χ4v) is 4.09. The SMILES string of the molecule is O=C(O)/C=C/c1cccc(N2C(=O)[C@@H]3[C@H](C2=O)[C@@H]2C=C[C@@H]3C2)c1. The van der Waals surface area contributed by atoms with Crippen LogP contribution in [-0.2, 0) is 14.4 Å². The lowest BCUT2D eigenvalue weighted by Gasteiger charge is -2.17. The second-order valence-electron chi connectivity index (χ2n) is 6.28. The molecule has 1 saturated heterocycles. The van der Waals surface area contributed by atoms with Crippen molar-refractivity contribution in [2.75, 3.05) is 4.90 Å². The van der Waals surface area contributed by atoms with Crippen LogP contribution in [0.5, 0.6) is 0 Å². The normalized spacial score (nSPS) is 31.4. The Morgan fingerprint density at radius 2 is 1.78 bits per heavy atom. The summed E-state index contributed by atoms with van der Waals surface area (Å²) < 4.78 is 0. The van der Waals surface area contributed by atoms with Crippen molar-refractivity contribution in [2.24, 2.45) is 23.7 Å². The highest BCUT2D eigenvalue weighted by molar-refractivity contribution is 6.22. The quantitative estimate of drug-likeness (QED) is 0.527. The number of rotatable bonds is 3. The Hall–Kier alpha value is -2.69. The highest BCUT2D eigenvalue weighted by Crippen LogP contribution is 2.53. The molecule has 1 aromatic carbocycles. The summed E-state index contributed by atoms with van der Waals surface area (Å²) in [4.78, 5) is 37.3. The standard InChI is InChI=1S/C18H15NO4/c20-14(21)7-4-10-2-1-3-13(8-10)19-17(22)15-11-5-6-12(9-11)16(15)18(19)23/h1-8,11-12,15-16H,9H2,(H,20,21)/b7-4+/t11-,12-,15-,16+/m1/s1. The van der Waals surface area contributed by atoms with Gasteiger partial charge in [-0.1, -0.05) is 24.3 Å². The third-order valence-electron chi connectivity index (χ3n) is 5.02. The largest absolute Gasteiger partial charge is 0.478 e. The first kappa shape index (κ1) is 13.9. The highest BCUT2D eigenvalue weighted by Gasteiger charge is 2.59. The smallest absolute Gasteiger partial charge is 0.328 e. The molecule has 2 bridgehead atoms. The van der Waals surface area contributed by atoms with Crippen molar-refractivity contribution in [1.29, 1.82) is 0 Å². The van der Waals surface area contributed by atoms with E-state index in [2.05, 4.69) is 12.2 Å². The number of anilines is 1. The minimum absolute atomic E-state index is 0.129. The third-order valence-corrected chi connectivity index (χ3v) is 5.02. The van der Waals surface area contributed by atoms with Gasteiger partial charge in [0.25, 0.3) is 0 Å². The Bertz CT molecular complexity index is 749. The van der Waals surface area contributed by atoms with Crippen LogP contribution in [0.2, 0.25) is 0 Å². The van der Waals surface area contributed by atoms with Crippen LogP contribution in [0.25, 0.3) is 6.08 Å². The van der Waals surface area contributed by atoms with E-state index in [0.29, 0.717) is 11.3 Å². The molecule has 0 aromatic heterocycles. The van der Waals surface area contributed by atoms with Crippen LogP contribution < -0.4 is 4.90 Å². The van der Waals surface area contributed by atoms with E-state index < -0.39 is 5.97 Å². The number of nitrogens with zero attached hydrogens (tertiary/aromatic N) is 1. The first-order chi connectivity index (χ1) is 11.1. The van der Waals surface area contributed by atoms with Gasteiger partial charge in [-0.3, -0.25) is 9.59 Å². The van der Waals surface area contributed by atoms with Crippen LogP contribution in [0.15, 0.2) is 42.5 Å². The number of fused-ring (bicyclic) bond motifs is 5. The van der Waals surface area contributed by atoms with Crippen molar-refractivity contribution in [2.45, 2.75) is 6.42 Å². The lowest BCUT2D eigenvalue weighted by Crippen LogP contribution is -2.32. The molecule has 116 valence electrons. The number of benzene rings is 1. The molecule has 2 amide bonds. The first-order valence-electron chi connectivity index (χ1n) is 7.63. The monoisotopic (exact) mass is 309 g/mol. The molecular formula is C18H15NO4. The van der Waals surface area contributed by atoms with Crippen molar-refractivity contribution in [3.05, 3.63) is 48.1 Å². The van der Waals surface area contributed by atoms with Gasteiger partial charge in [-0.15, -0.1) is 0 Å². The van der Waals surface area contributed by atoms with E-state index in [1.807, 2.05) is 0 Å². The average Bonchev–Trinajstić information content (AvgIpc) is 3.20. The topological polar surface area (TPSA) is 74.7 Å². The van der Waals surface area contributed by atoms with Gasteiger partial charge in [0, 0.05) is 6.08 Å². The van der Waals surface area contributed by atoms with E-state index in [1.54, 1.807) is 24.3 Å². The summed E-state index contributed by atoms with van der Waals surface area (Å²) in [6.45, 7) is 0. The Morgan fingerprint density at radius 3 is 2.39 bits per heavy atom. The molecule has 5 heteroatoms. The number of hydrogen-bond acceptors (Lipinski definition) is 3. The predicted octanol–water partition coefficient (Wildman–Crippen LogP) is 2.10. The van der Waals surface area contributed by atoms with E-state index in [1.165, 1.54) is 11.0 Å². The fourth-order valence-electron chi connectivity index (χ4n) is 4.09. The first-order valence-corrected chi connectivity index (χ1v) is 7.63. The molecule has 5 nitrogen and oxygen atoms in total. The predicted molar refractivity (Wildman–Crippen MR) is 83.3 cm³/mol. The van der Waals surface area contributed by atoms with E-state index in [-0.39, 0.29) is 35.5 Å². The number of carboxylic acids is 1. The summed E-state index contributed by atoms with van der Waals surface area (Å²) in [7, 11) is 0. The van der Waals surface area contributed by atoms with Crippen molar-refractivity contribution >= 4 is 29.5 Å². The summed E-state index contributed by atoms with van der Waals surface area (Å²) in [6.07, 6.45) is 7.51. The third kappa shape index (κ3) is 2.04.